The van der Waals surface area contributed by atoms with E-state index in [9.17, 15) is 9.36 Å². The number of hydrogen-bond acceptors (Lipinski definition) is 4. The largest absolute Gasteiger partial charge is 0.337 e. The van der Waals surface area contributed by atoms with E-state index in [4.69, 9.17) is 9.79 Å². The summed E-state index contributed by atoms with van der Waals surface area (Å²) in [5.74, 6) is 0. The predicted octanol–water partition coefficient (Wildman–Crippen LogP) is 4.39. The van der Waals surface area contributed by atoms with E-state index in [0.717, 1.165) is 5.56 Å². The van der Waals surface area contributed by atoms with E-state index in [0.29, 0.717) is 6.42 Å². The normalized spacial score (nSPS) is 13.9. The fourth-order valence-corrected chi connectivity index (χ4v) is 5.21. The van der Waals surface area contributed by atoms with Gasteiger partial charge in [0, 0.05) is 18.5 Å². The molecule has 0 bridgehead atoms. The van der Waals surface area contributed by atoms with Gasteiger partial charge in [-0.2, -0.15) is 5.26 Å². The van der Waals surface area contributed by atoms with Gasteiger partial charge in [0.15, 0.2) is 0 Å². The van der Waals surface area contributed by atoms with Crippen LogP contribution in [0.3, 0.4) is 0 Å². The zero-order chi connectivity index (χ0) is 18.2. The minimum Gasteiger partial charge on any atom is -0.311 e. The summed E-state index contributed by atoms with van der Waals surface area (Å²) in [7, 11) is -3.66. The molecule has 0 saturated heterocycles. The highest BCUT2D eigenvalue weighted by Gasteiger charge is 2.42. The molecule has 6 heteroatoms. The smallest absolute Gasteiger partial charge is 0.311 e. The molecule has 0 saturated carbocycles. The molecule has 0 amide bonds. The van der Waals surface area contributed by atoms with Crippen LogP contribution in [-0.2, 0) is 20.3 Å². The van der Waals surface area contributed by atoms with E-state index in [-0.39, 0.29) is 37.1 Å². The maximum atomic E-state index is 13.4. The third kappa shape index (κ3) is 5.56. The van der Waals surface area contributed by atoms with Gasteiger partial charge in [-0.15, -0.1) is 0 Å². The van der Waals surface area contributed by atoms with Gasteiger partial charge in [-0.25, -0.2) is 4.67 Å². The van der Waals surface area contributed by atoms with Crippen LogP contribution in [0.15, 0.2) is 30.3 Å². The molecule has 132 valence electrons. The molecular formula is C18H27N2O3P. The van der Waals surface area contributed by atoms with Crippen LogP contribution in [-0.4, -0.2) is 28.9 Å². The lowest BCUT2D eigenvalue weighted by Gasteiger charge is -2.36. The number of carbonyl (C=O) groups excluding carboxylic acids is 1. The molecule has 0 heterocycles. The van der Waals surface area contributed by atoms with Gasteiger partial charge in [-0.1, -0.05) is 30.3 Å². The number of benzene rings is 1. The second-order valence-corrected chi connectivity index (χ2v) is 8.47. The first-order chi connectivity index (χ1) is 11.3. The van der Waals surface area contributed by atoms with Crippen molar-refractivity contribution in [1.82, 2.24) is 4.67 Å². The predicted molar refractivity (Wildman–Crippen MR) is 95.7 cm³/mol. The van der Waals surface area contributed by atoms with Crippen molar-refractivity contribution in [3.05, 3.63) is 35.9 Å². The molecule has 1 aromatic carbocycles. The van der Waals surface area contributed by atoms with Crippen LogP contribution in [0.25, 0.3) is 0 Å². The molecule has 0 aliphatic carbocycles. The summed E-state index contributed by atoms with van der Waals surface area (Å²) in [4.78, 5) is 12.8. The molecule has 5 nitrogen and oxygen atoms in total. The Labute approximate surface area is 145 Å². The van der Waals surface area contributed by atoms with Crippen LogP contribution in [0.1, 0.15) is 46.1 Å². The van der Waals surface area contributed by atoms with Gasteiger partial charge in [0.05, 0.1) is 19.1 Å². The van der Waals surface area contributed by atoms with Crippen molar-refractivity contribution >= 4 is 13.0 Å². The van der Waals surface area contributed by atoms with E-state index in [1.807, 2.05) is 64.1 Å². The van der Waals surface area contributed by atoms with Crippen LogP contribution in [0.4, 0.5) is 0 Å². The average molecular weight is 350 g/mol. The lowest BCUT2D eigenvalue weighted by atomic mass is 10.1. The number of hydrogen-bond donors (Lipinski definition) is 0. The maximum Gasteiger partial charge on any atom is 0.337 e. The summed E-state index contributed by atoms with van der Waals surface area (Å²) in [6, 6.07) is 11.4. The Kier molecular flexibility index (Phi) is 8.35. The van der Waals surface area contributed by atoms with E-state index in [1.54, 1.807) is 4.67 Å². The van der Waals surface area contributed by atoms with Crippen LogP contribution in [0.2, 0.25) is 0 Å². The molecule has 24 heavy (non-hydrogen) atoms. The molecule has 0 radical (unpaired) electrons. The van der Waals surface area contributed by atoms with Crippen LogP contribution in [0, 0.1) is 11.3 Å². The summed E-state index contributed by atoms with van der Waals surface area (Å²) >= 11 is 0. The Morgan fingerprint density at radius 3 is 2.29 bits per heavy atom. The Morgan fingerprint density at radius 1 is 1.21 bits per heavy atom. The van der Waals surface area contributed by atoms with E-state index in [1.165, 1.54) is 0 Å². The molecule has 1 rings (SSSR count). The Balaban J connectivity index is 2.96. The number of rotatable bonds is 10. The minimum atomic E-state index is -3.66. The number of aryl methyl sites for hydroxylation is 1. The van der Waals surface area contributed by atoms with Gasteiger partial charge < -0.3 is 4.52 Å². The summed E-state index contributed by atoms with van der Waals surface area (Å²) < 4.78 is 20.6. The molecule has 1 aromatic rings. The monoisotopic (exact) mass is 350 g/mol. The molecule has 0 aromatic heterocycles. The fourth-order valence-electron chi connectivity index (χ4n) is 2.72. The highest BCUT2D eigenvalue weighted by molar-refractivity contribution is 7.74. The molecule has 1 unspecified atom stereocenters. The van der Waals surface area contributed by atoms with Gasteiger partial charge >= 0.3 is 7.52 Å². The van der Waals surface area contributed by atoms with Gasteiger partial charge in [0.1, 0.15) is 0 Å². The molecule has 0 aliphatic rings. The second-order valence-electron chi connectivity index (χ2n) is 6.21. The molecule has 0 spiro atoms. The van der Waals surface area contributed by atoms with E-state index in [2.05, 4.69) is 0 Å². The van der Waals surface area contributed by atoms with Crippen molar-refractivity contribution in [3.8, 4) is 6.07 Å². The summed E-state index contributed by atoms with van der Waals surface area (Å²) in [6.07, 6.45) is 0.791. The van der Waals surface area contributed by atoms with Crippen molar-refractivity contribution in [2.45, 2.75) is 59.0 Å². The van der Waals surface area contributed by atoms with E-state index >= 15 is 0 Å². The Hall–Kier alpha value is -1.47. The number of nitrogens with zero attached hydrogens (tertiary/aromatic N) is 2. The van der Waals surface area contributed by atoms with Gasteiger partial charge in [0.25, 0.3) is 0 Å². The molecular weight excluding hydrogens is 323 g/mol. The van der Waals surface area contributed by atoms with Crippen LogP contribution < -0.4 is 0 Å². The first kappa shape index (κ1) is 20.6. The lowest BCUT2D eigenvalue weighted by molar-refractivity contribution is -0.113. The first-order valence-electron chi connectivity index (χ1n) is 8.30. The highest BCUT2D eigenvalue weighted by atomic mass is 31.2. The molecule has 1 atom stereocenters. The standard InChI is InChI=1S/C18H27N2O3P/c1-15(2)20(16(3)4)24(22,23-14-8-13-19)18(21)12-11-17-9-6-5-7-10-17/h5-7,9-10,15-16H,8,11-12,14H2,1-4H3. The second kappa shape index (κ2) is 9.74. The maximum absolute atomic E-state index is 13.4. The summed E-state index contributed by atoms with van der Waals surface area (Å²) in [5.41, 5.74) is 0.641. The Bertz CT molecular complexity index is 600. The van der Waals surface area contributed by atoms with Gasteiger partial charge in [0.2, 0.25) is 5.52 Å². The topological polar surface area (TPSA) is 70.4 Å². The average Bonchev–Trinajstić information content (AvgIpc) is 2.53. The molecule has 0 aliphatic heterocycles. The van der Waals surface area contributed by atoms with E-state index < -0.39 is 7.52 Å². The molecule has 0 fully saturated rings. The van der Waals surface area contributed by atoms with Crippen molar-refractivity contribution < 1.29 is 13.9 Å². The first-order valence-corrected chi connectivity index (χ1v) is 9.88. The zero-order valence-electron chi connectivity index (χ0n) is 14.9. The number of nitriles is 1. The summed E-state index contributed by atoms with van der Waals surface area (Å²) in [5, 5.41) is 8.69. The third-order valence-corrected chi connectivity index (χ3v) is 6.55. The third-order valence-electron chi connectivity index (χ3n) is 3.63. The minimum absolute atomic E-state index is 0.000788. The van der Waals surface area contributed by atoms with Gasteiger partial charge in [-0.05, 0) is 39.7 Å². The quantitative estimate of drug-likeness (QED) is 0.462. The van der Waals surface area contributed by atoms with Crippen molar-refractivity contribution in [1.29, 1.82) is 5.26 Å². The van der Waals surface area contributed by atoms with Crippen LogP contribution >= 0.6 is 7.52 Å². The molecule has 0 N–H and O–H groups in total. The SMILES string of the molecule is CC(C)N(C(C)C)P(=O)(OCCC#N)C(=O)CCc1ccccc1. The van der Waals surface area contributed by atoms with Crippen molar-refractivity contribution in [2.24, 2.45) is 0 Å². The van der Waals surface area contributed by atoms with Gasteiger partial charge in [-0.3, -0.25) is 9.36 Å². The number of carbonyl (C=O) groups is 1. The lowest BCUT2D eigenvalue weighted by Crippen LogP contribution is -2.37. The summed E-state index contributed by atoms with van der Waals surface area (Å²) in [6.45, 7) is 7.58. The Morgan fingerprint density at radius 2 is 1.79 bits per heavy atom. The van der Waals surface area contributed by atoms with Crippen molar-refractivity contribution in [2.75, 3.05) is 6.61 Å². The fraction of sp³-hybridized carbons (Fsp3) is 0.556. The van der Waals surface area contributed by atoms with Crippen molar-refractivity contribution in [3.63, 3.8) is 0 Å². The highest BCUT2D eigenvalue weighted by Crippen LogP contribution is 2.55. The zero-order valence-corrected chi connectivity index (χ0v) is 15.8. The van der Waals surface area contributed by atoms with Crippen LogP contribution in [0.5, 0.6) is 0 Å².